The van der Waals surface area contributed by atoms with Crippen molar-refractivity contribution in [2.45, 2.75) is 252 Å². The lowest BCUT2D eigenvalue weighted by atomic mass is 10.1. The Morgan fingerprint density at radius 2 is 0.571 bits per heavy atom. The van der Waals surface area contributed by atoms with Crippen LogP contribution in [0.2, 0.25) is 0 Å². The standard InChI is InChI=1S/C64H104O6/c1-4-7-10-13-16-19-22-25-28-31-32-34-36-39-42-45-48-51-54-57-63(66)69-60-61(59-68-62(65)56-53-50-47-44-41-38-35-30-27-24-21-18-15-12-9-6-3)70-64(67)58-55-52-49-46-43-40-37-33-29-26-23-20-17-14-11-8-5-2/h7,10,16-17,19-20,25-26,28-30,32,34-35,37,39-40,42,46,49,61H,4-6,8-9,11-15,18,21-24,27,31,33,36,38,41,43-45,47-48,50-60H2,1-3H3/b10-7-,19-16-,20-17-,28-25-,29-26-,34-32-,35-30-,40-37-,42-39-,49-46-/t61-/m1/s1. The van der Waals surface area contributed by atoms with Gasteiger partial charge in [0, 0.05) is 19.3 Å². The van der Waals surface area contributed by atoms with Crippen LogP contribution in [-0.2, 0) is 28.6 Å². The lowest BCUT2D eigenvalue weighted by Crippen LogP contribution is -2.30. The summed E-state index contributed by atoms with van der Waals surface area (Å²) < 4.78 is 16.8. The van der Waals surface area contributed by atoms with Gasteiger partial charge in [-0.05, 0) is 128 Å². The number of rotatable bonds is 50. The third-order valence-corrected chi connectivity index (χ3v) is 11.7. The molecule has 0 amide bonds. The van der Waals surface area contributed by atoms with Crippen LogP contribution in [0, 0.1) is 0 Å². The van der Waals surface area contributed by atoms with E-state index in [1.807, 2.05) is 0 Å². The number of hydrogen-bond donors (Lipinski definition) is 0. The molecule has 0 saturated carbocycles. The van der Waals surface area contributed by atoms with Gasteiger partial charge in [0.1, 0.15) is 13.2 Å². The van der Waals surface area contributed by atoms with Gasteiger partial charge in [-0.1, -0.05) is 219 Å². The number of allylic oxidation sites excluding steroid dienone is 20. The fourth-order valence-electron chi connectivity index (χ4n) is 7.40. The maximum absolute atomic E-state index is 12.8. The van der Waals surface area contributed by atoms with Crippen molar-refractivity contribution < 1.29 is 28.6 Å². The topological polar surface area (TPSA) is 78.9 Å². The third kappa shape index (κ3) is 54.7. The first-order valence-corrected chi connectivity index (χ1v) is 28.5. The van der Waals surface area contributed by atoms with Gasteiger partial charge in [-0.2, -0.15) is 0 Å². The first kappa shape index (κ1) is 65.8. The predicted molar refractivity (Wildman–Crippen MR) is 302 cm³/mol. The Morgan fingerprint density at radius 3 is 0.971 bits per heavy atom. The Balaban J connectivity index is 4.56. The number of ether oxygens (including phenoxy) is 3. The van der Waals surface area contributed by atoms with Crippen LogP contribution in [0.4, 0.5) is 0 Å². The highest BCUT2D eigenvalue weighted by molar-refractivity contribution is 5.71. The molecular weight excluding hydrogens is 865 g/mol. The van der Waals surface area contributed by atoms with Gasteiger partial charge in [0.15, 0.2) is 6.10 Å². The summed E-state index contributed by atoms with van der Waals surface area (Å²) >= 11 is 0. The van der Waals surface area contributed by atoms with Crippen molar-refractivity contribution in [2.24, 2.45) is 0 Å². The summed E-state index contributed by atoms with van der Waals surface area (Å²) in [6, 6.07) is 0. The average Bonchev–Trinajstić information content (AvgIpc) is 3.36. The minimum absolute atomic E-state index is 0.118. The largest absolute Gasteiger partial charge is 0.462 e. The highest BCUT2D eigenvalue weighted by Gasteiger charge is 2.19. The minimum atomic E-state index is -0.828. The smallest absolute Gasteiger partial charge is 0.306 e. The van der Waals surface area contributed by atoms with E-state index >= 15 is 0 Å². The van der Waals surface area contributed by atoms with E-state index in [-0.39, 0.29) is 37.5 Å². The van der Waals surface area contributed by atoms with Crippen LogP contribution < -0.4 is 0 Å². The summed E-state index contributed by atoms with van der Waals surface area (Å²) in [6.45, 7) is 6.41. The van der Waals surface area contributed by atoms with E-state index in [0.29, 0.717) is 19.3 Å². The molecule has 0 bridgehead atoms. The second-order valence-corrected chi connectivity index (χ2v) is 18.5. The molecule has 0 heterocycles. The molecule has 0 aliphatic carbocycles. The highest BCUT2D eigenvalue weighted by Crippen LogP contribution is 2.13. The van der Waals surface area contributed by atoms with Crippen molar-refractivity contribution in [3.05, 3.63) is 122 Å². The number of carbonyl (C=O) groups is 3. The summed E-state index contributed by atoms with van der Waals surface area (Å²) in [5, 5.41) is 0. The van der Waals surface area contributed by atoms with Gasteiger partial charge < -0.3 is 14.2 Å². The van der Waals surface area contributed by atoms with E-state index in [1.165, 1.54) is 83.5 Å². The Labute approximate surface area is 431 Å². The van der Waals surface area contributed by atoms with Crippen LogP contribution in [0.1, 0.15) is 245 Å². The van der Waals surface area contributed by atoms with E-state index < -0.39 is 6.10 Å². The van der Waals surface area contributed by atoms with Crippen molar-refractivity contribution in [3.63, 3.8) is 0 Å². The fourth-order valence-corrected chi connectivity index (χ4v) is 7.40. The molecule has 0 aliphatic heterocycles. The molecule has 70 heavy (non-hydrogen) atoms. The molecule has 6 heteroatoms. The molecule has 1 atom stereocenters. The zero-order chi connectivity index (χ0) is 50.7. The van der Waals surface area contributed by atoms with Gasteiger partial charge >= 0.3 is 17.9 Å². The Hall–Kier alpha value is -4.19. The summed E-state index contributed by atoms with van der Waals surface area (Å²) in [5.74, 6) is -1.02. The van der Waals surface area contributed by atoms with Crippen LogP contribution in [0.5, 0.6) is 0 Å². The maximum atomic E-state index is 12.8. The number of esters is 3. The fraction of sp³-hybridized carbons (Fsp3) is 0.641. The second kappa shape index (κ2) is 57.4. The Kier molecular flexibility index (Phi) is 54.0. The number of hydrogen-bond acceptors (Lipinski definition) is 6. The molecule has 0 N–H and O–H groups in total. The monoisotopic (exact) mass is 969 g/mol. The molecule has 0 aromatic rings. The second-order valence-electron chi connectivity index (χ2n) is 18.5. The Bertz CT molecular complexity index is 1490. The quantitative estimate of drug-likeness (QED) is 0.0262. The van der Waals surface area contributed by atoms with Gasteiger partial charge in [0.2, 0.25) is 0 Å². The van der Waals surface area contributed by atoms with E-state index in [9.17, 15) is 14.4 Å². The summed E-state index contributed by atoms with van der Waals surface area (Å²) in [7, 11) is 0. The molecule has 0 spiro atoms. The zero-order valence-corrected chi connectivity index (χ0v) is 45.2. The summed E-state index contributed by atoms with van der Waals surface area (Å²) in [5.41, 5.74) is 0. The first-order valence-electron chi connectivity index (χ1n) is 28.5. The molecule has 0 aromatic carbocycles. The van der Waals surface area contributed by atoms with E-state index in [1.54, 1.807) is 0 Å². The highest BCUT2D eigenvalue weighted by atomic mass is 16.6. The summed E-state index contributed by atoms with van der Waals surface area (Å²) in [4.78, 5) is 38.1. The van der Waals surface area contributed by atoms with E-state index in [4.69, 9.17) is 14.2 Å². The van der Waals surface area contributed by atoms with Crippen molar-refractivity contribution >= 4 is 17.9 Å². The SMILES string of the molecule is CC/C=C\C/C=C\C/C=C\C/C=C\C/C=C\CCCCCC(=O)OC[C@@H](COC(=O)CCCCCCC/C=C\CCCCCCCCC)OC(=O)CCC/C=C\C/C=C\C/C=C\C/C=C\CCCCC. The van der Waals surface area contributed by atoms with Crippen LogP contribution in [0.3, 0.4) is 0 Å². The first-order chi connectivity index (χ1) is 34.5. The van der Waals surface area contributed by atoms with Gasteiger partial charge in [0.25, 0.3) is 0 Å². The molecule has 0 unspecified atom stereocenters. The van der Waals surface area contributed by atoms with Crippen molar-refractivity contribution in [1.29, 1.82) is 0 Å². The zero-order valence-electron chi connectivity index (χ0n) is 45.2. The molecule has 0 fully saturated rings. The predicted octanol–water partition coefficient (Wildman–Crippen LogP) is 19.3. The van der Waals surface area contributed by atoms with E-state index in [2.05, 4.69) is 142 Å². The van der Waals surface area contributed by atoms with Crippen LogP contribution in [-0.4, -0.2) is 37.2 Å². The normalized spacial score (nSPS) is 13.0. The molecule has 0 aliphatic rings. The summed E-state index contributed by atoms with van der Waals surface area (Å²) in [6.07, 6.45) is 79.0. The van der Waals surface area contributed by atoms with Crippen molar-refractivity contribution in [3.8, 4) is 0 Å². The van der Waals surface area contributed by atoms with Gasteiger partial charge in [-0.3, -0.25) is 14.4 Å². The van der Waals surface area contributed by atoms with E-state index in [0.717, 1.165) is 116 Å². The molecule has 6 nitrogen and oxygen atoms in total. The van der Waals surface area contributed by atoms with Gasteiger partial charge in [0.05, 0.1) is 0 Å². The van der Waals surface area contributed by atoms with Gasteiger partial charge in [-0.15, -0.1) is 0 Å². The maximum Gasteiger partial charge on any atom is 0.306 e. The molecular formula is C64H104O6. The molecule has 0 saturated heterocycles. The number of carbonyl (C=O) groups excluding carboxylic acids is 3. The van der Waals surface area contributed by atoms with Crippen LogP contribution in [0.15, 0.2) is 122 Å². The molecule has 396 valence electrons. The van der Waals surface area contributed by atoms with Crippen molar-refractivity contribution in [1.82, 2.24) is 0 Å². The van der Waals surface area contributed by atoms with Crippen LogP contribution >= 0.6 is 0 Å². The third-order valence-electron chi connectivity index (χ3n) is 11.7. The minimum Gasteiger partial charge on any atom is -0.462 e. The average molecular weight is 970 g/mol. The van der Waals surface area contributed by atoms with Crippen LogP contribution in [0.25, 0.3) is 0 Å². The molecule has 0 aromatic heterocycles. The Morgan fingerprint density at radius 1 is 0.300 bits per heavy atom. The van der Waals surface area contributed by atoms with Crippen molar-refractivity contribution in [2.75, 3.05) is 13.2 Å². The lowest BCUT2D eigenvalue weighted by molar-refractivity contribution is -0.167. The van der Waals surface area contributed by atoms with Gasteiger partial charge in [-0.25, -0.2) is 0 Å². The lowest BCUT2D eigenvalue weighted by Gasteiger charge is -2.18. The molecule has 0 radical (unpaired) electrons. The molecule has 0 rings (SSSR count). The number of unbranched alkanes of at least 4 members (excludes halogenated alkanes) is 19.